The molecule has 0 radical (unpaired) electrons. The number of hydrogen-bond acceptors (Lipinski definition) is 3. The van der Waals surface area contributed by atoms with Crippen molar-refractivity contribution in [3.8, 4) is 0 Å². The highest BCUT2D eigenvalue weighted by Gasteiger charge is 2.41. The third-order valence-corrected chi connectivity index (χ3v) is 8.13. The molecule has 4 rings (SSSR count). The Labute approximate surface area is 223 Å². The number of imide groups is 1. The number of carbonyl (C=O) groups excluding carboxylic acids is 3. The zero-order valence-corrected chi connectivity index (χ0v) is 22.9. The van der Waals surface area contributed by atoms with Crippen LogP contribution >= 0.6 is 31.9 Å². The fourth-order valence-electron chi connectivity index (χ4n) is 5.18. The Morgan fingerprint density at radius 1 is 0.971 bits per heavy atom. The summed E-state index contributed by atoms with van der Waals surface area (Å²) in [4.78, 5) is 41.8. The summed E-state index contributed by atoms with van der Waals surface area (Å²) >= 11 is 6.89. The SMILES string of the molecule is O=C(NCCCN1CCC(=O)N(CC2(c3ccc(Br)cc3)CCCCC2)C1=O)c1cccc(Br)c1. The van der Waals surface area contributed by atoms with Gasteiger partial charge in [0.05, 0.1) is 0 Å². The van der Waals surface area contributed by atoms with E-state index in [-0.39, 0.29) is 23.3 Å². The number of nitrogens with one attached hydrogen (secondary N) is 1. The molecule has 0 atom stereocenters. The van der Waals surface area contributed by atoms with Gasteiger partial charge in [-0.2, -0.15) is 0 Å². The van der Waals surface area contributed by atoms with Gasteiger partial charge in [0.1, 0.15) is 0 Å². The highest BCUT2D eigenvalue weighted by molar-refractivity contribution is 9.10. The molecule has 8 heteroatoms. The number of amides is 4. The molecule has 1 saturated carbocycles. The van der Waals surface area contributed by atoms with Gasteiger partial charge in [0.15, 0.2) is 0 Å². The molecule has 2 aromatic carbocycles. The lowest BCUT2D eigenvalue weighted by Crippen LogP contribution is -2.56. The van der Waals surface area contributed by atoms with Gasteiger partial charge in [-0.1, -0.05) is 69.3 Å². The number of hydrogen-bond donors (Lipinski definition) is 1. The van der Waals surface area contributed by atoms with Gasteiger partial charge in [-0.05, 0) is 55.2 Å². The third kappa shape index (κ3) is 6.33. The molecule has 0 bridgehead atoms. The van der Waals surface area contributed by atoms with Crippen LogP contribution < -0.4 is 5.32 Å². The molecule has 2 aromatic rings. The summed E-state index contributed by atoms with van der Waals surface area (Å²) in [7, 11) is 0. The molecule has 2 aliphatic rings. The number of halogens is 2. The second-order valence-electron chi connectivity index (χ2n) is 9.47. The van der Waals surface area contributed by atoms with Gasteiger partial charge in [-0.25, -0.2) is 4.79 Å². The van der Waals surface area contributed by atoms with Crippen molar-refractivity contribution >= 4 is 49.7 Å². The first-order valence-electron chi connectivity index (χ1n) is 12.3. The Morgan fingerprint density at radius 3 is 2.43 bits per heavy atom. The standard InChI is InChI=1S/C27H31Br2N3O3/c28-22-10-8-21(9-11-22)27(13-2-1-3-14-27)19-32-24(33)12-17-31(26(32)35)16-5-15-30-25(34)20-6-4-7-23(29)18-20/h4,6-11,18H,1-3,5,12-17,19H2,(H,30,34). The van der Waals surface area contributed by atoms with Crippen LogP contribution in [0.4, 0.5) is 4.79 Å². The van der Waals surface area contributed by atoms with E-state index in [1.54, 1.807) is 17.0 Å². The maximum Gasteiger partial charge on any atom is 0.326 e. The van der Waals surface area contributed by atoms with Gasteiger partial charge >= 0.3 is 6.03 Å². The Hall–Kier alpha value is -2.19. The molecule has 2 fully saturated rings. The van der Waals surface area contributed by atoms with Crippen LogP contribution in [0.15, 0.2) is 57.5 Å². The first kappa shape index (κ1) is 25.9. The van der Waals surface area contributed by atoms with E-state index in [1.807, 2.05) is 24.3 Å². The summed E-state index contributed by atoms with van der Waals surface area (Å²) < 4.78 is 1.88. The summed E-state index contributed by atoms with van der Waals surface area (Å²) in [5.74, 6) is -0.224. The van der Waals surface area contributed by atoms with Crippen molar-refractivity contribution in [2.24, 2.45) is 0 Å². The fourth-order valence-corrected chi connectivity index (χ4v) is 5.84. The molecular formula is C27H31Br2N3O3. The molecule has 0 aromatic heterocycles. The summed E-state index contributed by atoms with van der Waals surface area (Å²) in [6, 6.07) is 15.4. The lowest BCUT2D eigenvalue weighted by Gasteiger charge is -2.43. The largest absolute Gasteiger partial charge is 0.352 e. The van der Waals surface area contributed by atoms with E-state index in [4.69, 9.17) is 0 Å². The highest BCUT2D eigenvalue weighted by atomic mass is 79.9. The second-order valence-corrected chi connectivity index (χ2v) is 11.3. The molecule has 35 heavy (non-hydrogen) atoms. The maximum absolute atomic E-state index is 13.4. The Bertz CT molecular complexity index is 1070. The lowest BCUT2D eigenvalue weighted by atomic mass is 9.69. The minimum absolute atomic E-state index is 0.0868. The molecule has 1 aliphatic carbocycles. The number of benzene rings is 2. The predicted molar refractivity (Wildman–Crippen MR) is 143 cm³/mol. The minimum Gasteiger partial charge on any atom is -0.352 e. The number of carbonyl (C=O) groups is 3. The highest BCUT2D eigenvalue weighted by Crippen LogP contribution is 2.41. The van der Waals surface area contributed by atoms with Crippen LogP contribution in [0.25, 0.3) is 0 Å². The van der Waals surface area contributed by atoms with Crippen LogP contribution in [0.1, 0.15) is 60.9 Å². The van der Waals surface area contributed by atoms with Crippen molar-refractivity contribution in [3.05, 3.63) is 68.6 Å². The van der Waals surface area contributed by atoms with Crippen molar-refractivity contribution in [3.63, 3.8) is 0 Å². The molecule has 1 heterocycles. The van der Waals surface area contributed by atoms with Gasteiger partial charge in [-0.3, -0.25) is 14.5 Å². The quantitative estimate of drug-likeness (QED) is 0.382. The van der Waals surface area contributed by atoms with Crippen molar-refractivity contribution < 1.29 is 14.4 Å². The summed E-state index contributed by atoms with van der Waals surface area (Å²) in [5.41, 5.74) is 1.61. The third-order valence-electron chi connectivity index (χ3n) is 7.10. The average Bonchev–Trinajstić information content (AvgIpc) is 2.86. The normalized spacial score (nSPS) is 18.0. The van der Waals surface area contributed by atoms with E-state index < -0.39 is 0 Å². The number of nitrogens with zero attached hydrogens (tertiary/aromatic N) is 2. The molecular weight excluding hydrogens is 574 g/mol. The molecule has 1 aliphatic heterocycles. The Kier molecular flexibility index (Phi) is 8.65. The topological polar surface area (TPSA) is 69.7 Å². The molecule has 1 saturated heterocycles. The van der Waals surface area contributed by atoms with Gasteiger partial charge in [0.2, 0.25) is 5.91 Å². The van der Waals surface area contributed by atoms with Crippen LogP contribution in [0.5, 0.6) is 0 Å². The van der Waals surface area contributed by atoms with Crippen LogP contribution in [-0.2, 0) is 10.2 Å². The summed E-state index contributed by atoms with van der Waals surface area (Å²) in [6.45, 7) is 1.83. The van der Waals surface area contributed by atoms with Crippen molar-refractivity contribution in [2.45, 2.75) is 50.4 Å². The van der Waals surface area contributed by atoms with E-state index >= 15 is 0 Å². The first-order valence-corrected chi connectivity index (χ1v) is 13.9. The summed E-state index contributed by atoms with van der Waals surface area (Å²) in [5, 5.41) is 2.92. The van der Waals surface area contributed by atoms with Crippen molar-refractivity contribution in [1.82, 2.24) is 15.1 Å². The lowest BCUT2D eigenvalue weighted by molar-refractivity contribution is -0.132. The van der Waals surface area contributed by atoms with Crippen molar-refractivity contribution in [1.29, 1.82) is 0 Å². The van der Waals surface area contributed by atoms with Crippen LogP contribution in [0, 0.1) is 0 Å². The zero-order chi connectivity index (χ0) is 24.8. The molecule has 0 spiro atoms. The minimum atomic E-state index is -0.207. The predicted octanol–water partition coefficient (Wildman–Crippen LogP) is 5.89. The maximum atomic E-state index is 13.4. The van der Waals surface area contributed by atoms with Crippen LogP contribution in [0.3, 0.4) is 0 Å². The number of rotatable bonds is 8. The average molecular weight is 605 g/mol. The van der Waals surface area contributed by atoms with E-state index in [0.717, 1.165) is 34.6 Å². The second kappa shape index (κ2) is 11.7. The molecule has 186 valence electrons. The van der Waals surface area contributed by atoms with Gasteiger partial charge in [0.25, 0.3) is 5.91 Å². The Morgan fingerprint density at radius 2 is 1.71 bits per heavy atom. The van der Waals surface area contributed by atoms with Gasteiger partial charge < -0.3 is 10.2 Å². The van der Waals surface area contributed by atoms with Crippen molar-refractivity contribution in [2.75, 3.05) is 26.2 Å². The fraction of sp³-hybridized carbons (Fsp3) is 0.444. The van der Waals surface area contributed by atoms with E-state index in [1.165, 1.54) is 16.9 Å². The molecule has 6 nitrogen and oxygen atoms in total. The summed E-state index contributed by atoms with van der Waals surface area (Å²) in [6.07, 6.45) is 6.33. The van der Waals surface area contributed by atoms with Crippen LogP contribution in [-0.4, -0.2) is 53.8 Å². The smallest absolute Gasteiger partial charge is 0.326 e. The van der Waals surface area contributed by atoms with E-state index in [2.05, 4.69) is 49.3 Å². The van der Waals surface area contributed by atoms with Gasteiger partial charge in [-0.15, -0.1) is 0 Å². The van der Waals surface area contributed by atoms with E-state index in [9.17, 15) is 14.4 Å². The molecule has 1 N–H and O–H groups in total. The first-order chi connectivity index (χ1) is 16.9. The molecule has 0 unspecified atom stereocenters. The monoisotopic (exact) mass is 603 g/mol. The molecule has 4 amide bonds. The number of urea groups is 1. The van der Waals surface area contributed by atoms with Gasteiger partial charge in [0, 0.05) is 52.5 Å². The van der Waals surface area contributed by atoms with Crippen LogP contribution in [0.2, 0.25) is 0 Å². The Balaban J connectivity index is 1.37. The van der Waals surface area contributed by atoms with E-state index in [0.29, 0.717) is 44.6 Å². The zero-order valence-electron chi connectivity index (χ0n) is 19.8.